The first-order chi connectivity index (χ1) is 6.90. The second-order valence-corrected chi connectivity index (χ2v) is 3.14. The summed E-state index contributed by atoms with van der Waals surface area (Å²) in [6, 6.07) is 3.74. The fourth-order valence-corrected chi connectivity index (χ4v) is 1.71. The first-order valence-corrected chi connectivity index (χ1v) is 4.33. The van der Waals surface area contributed by atoms with Gasteiger partial charge < -0.3 is 9.52 Å². The SMILES string of the molecule is OCc1cnn2ccc3occc3c12. The standard InChI is InChI=1S/C10H8N2O2/c13-6-7-5-11-12-3-1-9-8(10(7)12)2-4-14-9/h1-5,13H,6H2. The summed E-state index contributed by atoms with van der Waals surface area (Å²) in [6.45, 7) is -0.00616. The Balaban J connectivity index is 2.58. The van der Waals surface area contributed by atoms with E-state index in [1.54, 1.807) is 17.0 Å². The number of nitrogens with zero attached hydrogens (tertiary/aromatic N) is 2. The van der Waals surface area contributed by atoms with Crippen molar-refractivity contribution in [2.24, 2.45) is 0 Å². The average molecular weight is 188 g/mol. The number of aromatic nitrogens is 2. The van der Waals surface area contributed by atoms with Gasteiger partial charge >= 0.3 is 0 Å². The molecule has 3 aromatic rings. The zero-order valence-corrected chi connectivity index (χ0v) is 7.34. The van der Waals surface area contributed by atoms with Crippen molar-refractivity contribution in [2.75, 3.05) is 0 Å². The Kier molecular flexibility index (Phi) is 1.40. The van der Waals surface area contributed by atoms with Gasteiger partial charge in [-0.15, -0.1) is 0 Å². The number of rotatable bonds is 1. The van der Waals surface area contributed by atoms with Gasteiger partial charge in [-0.3, -0.25) is 0 Å². The Morgan fingerprint density at radius 2 is 2.36 bits per heavy atom. The van der Waals surface area contributed by atoms with Crippen molar-refractivity contribution in [1.82, 2.24) is 9.61 Å². The zero-order valence-electron chi connectivity index (χ0n) is 7.34. The van der Waals surface area contributed by atoms with Crippen molar-refractivity contribution >= 4 is 16.5 Å². The van der Waals surface area contributed by atoms with Crippen LogP contribution in [0.3, 0.4) is 0 Å². The van der Waals surface area contributed by atoms with Crippen molar-refractivity contribution in [3.63, 3.8) is 0 Å². The summed E-state index contributed by atoms with van der Waals surface area (Å²) >= 11 is 0. The molecule has 0 aromatic carbocycles. The van der Waals surface area contributed by atoms with Gasteiger partial charge in [-0.2, -0.15) is 5.10 Å². The van der Waals surface area contributed by atoms with E-state index >= 15 is 0 Å². The number of pyridine rings is 1. The molecule has 0 radical (unpaired) electrons. The van der Waals surface area contributed by atoms with Gasteiger partial charge in [0.25, 0.3) is 0 Å². The molecule has 0 spiro atoms. The normalized spacial score (nSPS) is 11.5. The Labute approximate surface area is 79.4 Å². The Hall–Kier alpha value is -1.81. The highest BCUT2D eigenvalue weighted by Crippen LogP contribution is 2.23. The lowest BCUT2D eigenvalue weighted by molar-refractivity contribution is 0.283. The van der Waals surface area contributed by atoms with E-state index in [0.29, 0.717) is 0 Å². The van der Waals surface area contributed by atoms with Crippen molar-refractivity contribution in [3.8, 4) is 0 Å². The lowest BCUT2D eigenvalue weighted by atomic mass is 10.2. The molecule has 70 valence electrons. The van der Waals surface area contributed by atoms with Gasteiger partial charge in [-0.1, -0.05) is 0 Å². The van der Waals surface area contributed by atoms with Crippen LogP contribution in [0.15, 0.2) is 35.2 Å². The van der Waals surface area contributed by atoms with Crippen molar-refractivity contribution in [1.29, 1.82) is 0 Å². The van der Waals surface area contributed by atoms with E-state index in [1.165, 1.54) is 0 Å². The van der Waals surface area contributed by atoms with Crippen LogP contribution in [0.5, 0.6) is 0 Å². The highest BCUT2D eigenvalue weighted by molar-refractivity contribution is 5.94. The van der Waals surface area contributed by atoms with Gasteiger partial charge in [-0.05, 0) is 12.1 Å². The van der Waals surface area contributed by atoms with Crippen LogP contribution in [0.1, 0.15) is 5.56 Å². The molecule has 0 saturated heterocycles. The maximum Gasteiger partial charge on any atom is 0.137 e. The highest BCUT2D eigenvalue weighted by Gasteiger charge is 2.08. The van der Waals surface area contributed by atoms with Crippen LogP contribution in [-0.2, 0) is 6.61 Å². The van der Waals surface area contributed by atoms with E-state index in [0.717, 1.165) is 22.0 Å². The molecule has 1 N–H and O–H groups in total. The van der Waals surface area contributed by atoms with Crippen LogP contribution in [-0.4, -0.2) is 14.7 Å². The van der Waals surface area contributed by atoms with Gasteiger partial charge in [0.15, 0.2) is 0 Å². The molecule has 0 bridgehead atoms. The van der Waals surface area contributed by atoms with E-state index in [9.17, 15) is 0 Å². The molecule has 3 aromatic heterocycles. The molecule has 3 rings (SSSR count). The maximum atomic E-state index is 9.14. The Morgan fingerprint density at radius 3 is 3.21 bits per heavy atom. The summed E-state index contributed by atoms with van der Waals surface area (Å²) in [5.41, 5.74) is 2.54. The van der Waals surface area contributed by atoms with Crippen molar-refractivity contribution in [2.45, 2.75) is 6.61 Å². The summed E-state index contributed by atoms with van der Waals surface area (Å²) in [5, 5.41) is 14.3. The molecular weight excluding hydrogens is 180 g/mol. The molecule has 0 fully saturated rings. The molecule has 4 heteroatoms. The molecule has 0 saturated carbocycles. The fourth-order valence-electron chi connectivity index (χ4n) is 1.71. The van der Waals surface area contributed by atoms with Gasteiger partial charge in [0, 0.05) is 17.1 Å². The van der Waals surface area contributed by atoms with E-state index in [-0.39, 0.29) is 6.61 Å². The predicted molar refractivity (Wildman–Crippen MR) is 50.9 cm³/mol. The monoisotopic (exact) mass is 188 g/mol. The summed E-state index contributed by atoms with van der Waals surface area (Å²) in [4.78, 5) is 0. The third-order valence-corrected chi connectivity index (χ3v) is 2.36. The first-order valence-electron chi connectivity index (χ1n) is 4.33. The van der Waals surface area contributed by atoms with Gasteiger partial charge in [0.05, 0.1) is 24.6 Å². The van der Waals surface area contributed by atoms with Crippen LogP contribution < -0.4 is 0 Å². The number of fused-ring (bicyclic) bond motifs is 3. The molecule has 4 nitrogen and oxygen atoms in total. The van der Waals surface area contributed by atoms with Crippen molar-refractivity contribution < 1.29 is 9.52 Å². The first kappa shape index (κ1) is 7.58. The molecule has 3 heterocycles. The summed E-state index contributed by atoms with van der Waals surface area (Å²) in [7, 11) is 0. The van der Waals surface area contributed by atoms with Crippen LogP contribution >= 0.6 is 0 Å². The second-order valence-electron chi connectivity index (χ2n) is 3.14. The average Bonchev–Trinajstić information content (AvgIpc) is 2.82. The summed E-state index contributed by atoms with van der Waals surface area (Å²) < 4.78 is 7.01. The number of hydrogen-bond acceptors (Lipinski definition) is 3. The molecule has 0 aliphatic carbocycles. The largest absolute Gasteiger partial charge is 0.464 e. The molecule has 0 aliphatic heterocycles. The molecular formula is C10H8N2O2. The maximum absolute atomic E-state index is 9.14. The summed E-state index contributed by atoms with van der Waals surface area (Å²) in [6.07, 6.45) is 5.13. The lowest BCUT2D eigenvalue weighted by Gasteiger charge is -1.96. The van der Waals surface area contributed by atoms with Crippen LogP contribution in [0.2, 0.25) is 0 Å². The predicted octanol–water partition coefficient (Wildman–Crippen LogP) is 1.57. The Morgan fingerprint density at radius 1 is 1.43 bits per heavy atom. The minimum absolute atomic E-state index is 0.00616. The van der Waals surface area contributed by atoms with E-state index in [1.807, 2.05) is 18.3 Å². The zero-order chi connectivity index (χ0) is 9.54. The number of hydrogen-bond donors (Lipinski definition) is 1. The van der Waals surface area contributed by atoms with E-state index in [2.05, 4.69) is 5.10 Å². The fraction of sp³-hybridized carbons (Fsp3) is 0.100. The number of aliphatic hydroxyl groups excluding tert-OH is 1. The van der Waals surface area contributed by atoms with E-state index in [4.69, 9.17) is 9.52 Å². The molecule has 0 amide bonds. The minimum atomic E-state index is -0.00616. The topological polar surface area (TPSA) is 50.7 Å². The number of furan rings is 1. The van der Waals surface area contributed by atoms with Crippen molar-refractivity contribution in [3.05, 3.63) is 36.4 Å². The quantitative estimate of drug-likeness (QED) is 0.630. The van der Waals surface area contributed by atoms with Gasteiger partial charge in [0.2, 0.25) is 0 Å². The van der Waals surface area contributed by atoms with Gasteiger partial charge in [-0.25, -0.2) is 4.52 Å². The summed E-state index contributed by atoms with van der Waals surface area (Å²) in [5.74, 6) is 0. The lowest BCUT2D eigenvalue weighted by Crippen LogP contribution is -1.86. The smallest absolute Gasteiger partial charge is 0.137 e. The molecule has 0 aliphatic rings. The van der Waals surface area contributed by atoms with Crippen LogP contribution in [0.4, 0.5) is 0 Å². The Bertz CT molecular complexity index is 594. The third kappa shape index (κ3) is 0.831. The van der Waals surface area contributed by atoms with Gasteiger partial charge in [0.1, 0.15) is 5.58 Å². The van der Waals surface area contributed by atoms with Crippen LogP contribution in [0.25, 0.3) is 16.5 Å². The van der Waals surface area contributed by atoms with E-state index < -0.39 is 0 Å². The number of aliphatic hydroxyl groups is 1. The molecule has 0 unspecified atom stereocenters. The molecule has 0 atom stereocenters. The molecule has 14 heavy (non-hydrogen) atoms. The third-order valence-electron chi connectivity index (χ3n) is 2.36. The highest BCUT2D eigenvalue weighted by atomic mass is 16.3. The second kappa shape index (κ2) is 2.59. The minimum Gasteiger partial charge on any atom is -0.464 e. The van der Waals surface area contributed by atoms with Crippen LogP contribution in [0, 0.1) is 0 Å².